The molecule has 1 amide bonds. The van der Waals surface area contributed by atoms with Crippen LogP contribution >= 0.6 is 0 Å². The average Bonchev–Trinajstić information content (AvgIpc) is 2.34. The predicted octanol–water partition coefficient (Wildman–Crippen LogP) is 0.193. The summed E-state index contributed by atoms with van der Waals surface area (Å²) in [5.74, 6) is -4.58. The predicted molar refractivity (Wildman–Crippen MR) is 63.0 cm³/mol. The summed E-state index contributed by atoms with van der Waals surface area (Å²) in [5, 5.41) is 30.2. The third-order valence-electron chi connectivity index (χ3n) is 2.56. The fourth-order valence-electron chi connectivity index (χ4n) is 1.52. The minimum atomic E-state index is -1.81. The van der Waals surface area contributed by atoms with Crippen LogP contribution in [0.4, 0.5) is 8.78 Å². The third-order valence-corrected chi connectivity index (χ3v) is 2.56. The maximum atomic E-state index is 13.5. The van der Waals surface area contributed by atoms with Crippen LogP contribution in [-0.4, -0.2) is 39.8 Å². The van der Waals surface area contributed by atoms with Crippen LogP contribution in [0.5, 0.6) is 0 Å². The van der Waals surface area contributed by atoms with Crippen molar-refractivity contribution in [3.63, 3.8) is 0 Å². The van der Waals surface area contributed by atoms with E-state index in [1.807, 2.05) is 0 Å². The molecule has 2 unspecified atom stereocenters. The molecular formula is C12H13F2NO5. The van der Waals surface area contributed by atoms with Gasteiger partial charge >= 0.3 is 5.97 Å². The van der Waals surface area contributed by atoms with Crippen molar-refractivity contribution in [3.8, 4) is 0 Å². The summed E-state index contributed by atoms with van der Waals surface area (Å²) < 4.78 is 26.7. The van der Waals surface area contributed by atoms with Gasteiger partial charge in [0.05, 0.1) is 5.56 Å². The molecule has 0 aromatic heterocycles. The highest BCUT2D eigenvalue weighted by molar-refractivity contribution is 5.88. The van der Waals surface area contributed by atoms with Crippen LogP contribution in [0.2, 0.25) is 0 Å². The van der Waals surface area contributed by atoms with Gasteiger partial charge in [-0.1, -0.05) is 0 Å². The summed E-state index contributed by atoms with van der Waals surface area (Å²) in [7, 11) is 0. The van der Waals surface area contributed by atoms with E-state index >= 15 is 0 Å². The van der Waals surface area contributed by atoms with Crippen molar-refractivity contribution in [2.45, 2.75) is 19.1 Å². The average molecular weight is 289 g/mol. The van der Waals surface area contributed by atoms with Crippen LogP contribution in [-0.2, 0) is 4.79 Å². The molecule has 0 spiro atoms. The number of aliphatic hydroxyl groups is 2. The van der Waals surface area contributed by atoms with E-state index in [0.29, 0.717) is 12.1 Å². The summed E-state index contributed by atoms with van der Waals surface area (Å²) in [6.07, 6.45) is -3.37. The van der Waals surface area contributed by atoms with Gasteiger partial charge in [-0.2, -0.15) is 0 Å². The molecule has 20 heavy (non-hydrogen) atoms. The van der Waals surface area contributed by atoms with Crippen molar-refractivity contribution in [3.05, 3.63) is 34.9 Å². The lowest BCUT2D eigenvalue weighted by molar-refractivity contribution is -0.119. The number of carbonyl (C=O) groups is 2. The molecule has 1 rings (SSSR count). The number of halogens is 2. The van der Waals surface area contributed by atoms with Gasteiger partial charge in [-0.15, -0.1) is 0 Å². The second kappa shape index (κ2) is 6.40. The van der Waals surface area contributed by atoms with Crippen LogP contribution in [0.25, 0.3) is 0 Å². The van der Waals surface area contributed by atoms with Gasteiger partial charge in [0.1, 0.15) is 23.8 Å². The molecule has 4 N–H and O–H groups in total. The molecule has 6 nitrogen and oxygen atoms in total. The van der Waals surface area contributed by atoms with Gasteiger partial charge < -0.3 is 20.6 Å². The second-order valence-electron chi connectivity index (χ2n) is 4.11. The first-order valence-corrected chi connectivity index (χ1v) is 5.56. The molecule has 0 aliphatic carbocycles. The number of amides is 1. The van der Waals surface area contributed by atoms with E-state index in [4.69, 9.17) is 5.11 Å². The summed E-state index contributed by atoms with van der Waals surface area (Å²) in [6, 6.07) is 0.918. The third kappa shape index (κ3) is 3.72. The van der Waals surface area contributed by atoms with E-state index in [1.54, 1.807) is 0 Å². The molecule has 8 heteroatoms. The highest BCUT2D eigenvalue weighted by Gasteiger charge is 2.25. The van der Waals surface area contributed by atoms with E-state index in [-0.39, 0.29) is 6.54 Å². The van der Waals surface area contributed by atoms with E-state index in [2.05, 4.69) is 5.32 Å². The quantitative estimate of drug-likeness (QED) is 0.619. The Kier molecular flexibility index (Phi) is 5.12. The van der Waals surface area contributed by atoms with E-state index < -0.39 is 46.8 Å². The van der Waals surface area contributed by atoms with Gasteiger partial charge in [-0.25, -0.2) is 13.6 Å². The lowest BCUT2D eigenvalue weighted by Crippen LogP contribution is -2.34. The Hall–Kier alpha value is -2.06. The van der Waals surface area contributed by atoms with Gasteiger partial charge in [0.15, 0.2) is 0 Å². The maximum Gasteiger partial charge on any atom is 0.338 e. The zero-order valence-electron chi connectivity index (χ0n) is 10.4. The maximum absolute atomic E-state index is 13.5. The van der Waals surface area contributed by atoms with Crippen LogP contribution in [0.3, 0.4) is 0 Å². The number of hydrogen-bond acceptors (Lipinski definition) is 4. The van der Waals surface area contributed by atoms with E-state index in [9.17, 15) is 28.6 Å². The van der Waals surface area contributed by atoms with Crippen molar-refractivity contribution in [2.75, 3.05) is 6.54 Å². The summed E-state index contributed by atoms with van der Waals surface area (Å²) in [4.78, 5) is 21.4. The van der Waals surface area contributed by atoms with Crippen molar-refractivity contribution in [1.82, 2.24) is 5.32 Å². The highest BCUT2D eigenvalue weighted by Crippen LogP contribution is 2.23. The molecule has 0 aliphatic rings. The Labute approximate surface area is 112 Å². The van der Waals surface area contributed by atoms with Crippen LogP contribution in [0, 0.1) is 11.6 Å². The zero-order chi connectivity index (χ0) is 15.4. The van der Waals surface area contributed by atoms with Gasteiger partial charge in [0.2, 0.25) is 5.91 Å². The first-order valence-electron chi connectivity index (χ1n) is 5.56. The molecular weight excluding hydrogens is 276 g/mol. The summed E-state index contributed by atoms with van der Waals surface area (Å²) >= 11 is 0. The number of carboxylic acid groups (broad SMARTS) is 1. The molecule has 0 bridgehead atoms. The van der Waals surface area contributed by atoms with Crippen molar-refractivity contribution in [2.24, 2.45) is 0 Å². The van der Waals surface area contributed by atoms with Crippen LogP contribution in [0.15, 0.2) is 12.1 Å². The minimum Gasteiger partial charge on any atom is -0.478 e. The molecule has 0 radical (unpaired) electrons. The standard InChI is InChI=1S/C12H13F2NO5/c1-5(16)15-4-10(17)11(18)6-2-7(12(19)20)9(14)3-8(6)13/h2-3,10-11,17-18H,4H2,1H3,(H,15,16)(H,19,20). The normalized spacial score (nSPS) is 13.7. The molecule has 0 saturated carbocycles. The molecule has 0 fully saturated rings. The number of carboxylic acids is 1. The first kappa shape index (κ1) is 16.0. The highest BCUT2D eigenvalue weighted by atomic mass is 19.1. The first-order chi connectivity index (χ1) is 9.23. The Morgan fingerprint density at radius 2 is 1.85 bits per heavy atom. The van der Waals surface area contributed by atoms with Crippen LogP contribution < -0.4 is 5.32 Å². The number of aliphatic hydroxyl groups excluding tert-OH is 2. The fourth-order valence-corrected chi connectivity index (χ4v) is 1.52. The van der Waals surface area contributed by atoms with Crippen molar-refractivity contribution >= 4 is 11.9 Å². The zero-order valence-corrected chi connectivity index (χ0v) is 10.4. The fraction of sp³-hybridized carbons (Fsp3) is 0.333. The summed E-state index contributed by atoms with van der Waals surface area (Å²) in [5.41, 5.74) is -1.39. The summed E-state index contributed by atoms with van der Waals surface area (Å²) in [6.45, 7) is 0.815. The Morgan fingerprint density at radius 3 is 2.35 bits per heavy atom. The molecule has 2 atom stereocenters. The van der Waals surface area contributed by atoms with Crippen molar-refractivity contribution in [1.29, 1.82) is 0 Å². The van der Waals surface area contributed by atoms with Crippen LogP contribution in [0.1, 0.15) is 28.9 Å². The van der Waals surface area contributed by atoms with Gasteiger partial charge in [0.25, 0.3) is 0 Å². The molecule has 0 aliphatic heterocycles. The molecule has 0 heterocycles. The molecule has 0 saturated heterocycles. The second-order valence-corrected chi connectivity index (χ2v) is 4.11. The van der Waals surface area contributed by atoms with Gasteiger partial charge in [-0.3, -0.25) is 4.79 Å². The SMILES string of the molecule is CC(=O)NCC(O)C(O)c1cc(C(=O)O)c(F)cc1F. The van der Waals surface area contributed by atoms with Crippen molar-refractivity contribution < 1.29 is 33.7 Å². The molecule has 1 aromatic rings. The Morgan fingerprint density at radius 1 is 1.25 bits per heavy atom. The smallest absolute Gasteiger partial charge is 0.338 e. The Bertz CT molecular complexity index is 535. The number of nitrogens with one attached hydrogen (secondary N) is 1. The lowest BCUT2D eigenvalue weighted by atomic mass is 10.0. The molecule has 1 aromatic carbocycles. The Balaban J connectivity index is 3.02. The lowest BCUT2D eigenvalue weighted by Gasteiger charge is -2.19. The molecule has 110 valence electrons. The number of rotatable bonds is 5. The number of hydrogen-bond donors (Lipinski definition) is 4. The number of aromatic carboxylic acids is 1. The monoisotopic (exact) mass is 289 g/mol. The minimum absolute atomic E-state index is 0.313. The van der Waals surface area contributed by atoms with E-state index in [1.165, 1.54) is 6.92 Å². The largest absolute Gasteiger partial charge is 0.478 e. The number of benzene rings is 1. The topological polar surface area (TPSA) is 107 Å². The van der Waals surface area contributed by atoms with Gasteiger partial charge in [0, 0.05) is 25.1 Å². The number of carbonyl (C=O) groups excluding carboxylic acids is 1. The van der Waals surface area contributed by atoms with E-state index in [0.717, 1.165) is 0 Å². The van der Waals surface area contributed by atoms with Gasteiger partial charge in [-0.05, 0) is 6.07 Å².